The zero-order valence-electron chi connectivity index (χ0n) is 8.33. The molecule has 15 heavy (non-hydrogen) atoms. The van der Waals surface area contributed by atoms with E-state index >= 15 is 0 Å². The molecule has 0 radical (unpaired) electrons. The quantitative estimate of drug-likeness (QED) is 0.699. The number of esters is 1. The lowest BCUT2D eigenvalue weighted by Gasteiger charge is -2.06. The van der Waals surface area contributed by atoms with E-state index in [4.69, 9.17) is 4.74 Å². The first-order chi connectivity index (χ1) is 7.20. The summed E-state index contributed by atoms with van der Waals surface area (Å²) in [4.78, 5) is 11.1. The van der Waals surface area contributed by atoms with Crippen molar-refractivity contribution in [1.82, 2.24) is 0 Å². The molecule has 1 atom stereocenters. The highest BCUT2D eigenvalue weighted by Crippen LogP contribution is 2.36. The lowest BCUT2D eigenvalue weighted by Crippen LogP contribution is -2.09. The molecule has 1 aromatic carbocycles. The van der Waals surface area contributed by atoms with E-state index in [9.17, 15) is 9.18 Å². The summed E-state index contributed by atoms with van der Waals surface area (Å²) < 4.78 is 22.7. The van der Waals surface area contributed by atoms with E-state index in [1.807, 2.05) is 0 Å². The average Bonchev–Trinajstić information content (AvgIpc) is 2.60. The van der Waals surface area contributed by atoms with Crippen LogP contribution in [0.2, 0.25) is 0 Å². The van der Waals surface area contributed by atoms with Crippen molar-refractivity contribution in [2.24, 2.45) is 0 Å². The first kappa shape index (κ1) is 9.96. The first-order valence-corrected chi connectivity index (χ1v) is 4.70. The second-order valence-electron chi connectivity index (χ2n) is 3.47. The lowest BCUT2D eigenvalue weighted by atomic mass is 9.98. The molecule has 0 saturated heterocycles. The van der Waals surface area contributed by atoms with Crippen LogP contribution < -0.4 is 4.74 Å². The zero-order chi connectivity index (χ0) is 10.8. The summed E-state index contributed by atoms with van der Waals surface area (Å²) >= 11 is 0. The number of hydrogen-bond acceptors (Lipinski definition) is 3. The summed E-state index contributed by atoms with van der Waals surface area (Å²) in [6, 6.07) is 4.37. The predicted octanol–water partition coefficient (Wildman–Crippen LogP) is 1.86. The Morgan fingerprint density at radius 2 is 2.47 bits per heavy atom. The summed E-state index contributed by atoms with van der Waals surface area (Å²) in [5.41, 5.74) is 0.877. The molecule has 0 aromatic heterocycles. The number of benzene rings is 1. The van der Waals surface area contributed by atoms with Crippen LogP contribution >= 0.6 is 0 Å². The first-order valence-electron chi connectivity index (χ1n) is 4.70. The Morgan fingerprint density at radius 1 is 1.67 bits per heavy atom. The Kier molecular flexibility index (Phi) is 2.58. The fraction of sp³-hybridized carbons (Fsp3) is 0.364. The van der Waals surface area contributed by atoms with Gasteiger partial charge in [-0.25, -0.2) is 4.39 Å². The smallest absolute Gasteiger partial charge is 0.306 e. The second kappa shape index (κ2) is 3.88. The Bertz CT molecular complexity index is 389. The Morgan fingerprint density at radius 3 is 3.20 bits per heavy atom. The summed E-state index contributed by atoms with van der Waals surface area (Å²) in [6.45, 7) is 0.411. The van der Waals surface area contributed by atoms with E-state index in [2.05, 4.69) is 4.74 Å². The molecular weight excluding hydrogens is 199 g/mol. The van der Waals surface area contributed by atoms with Crippen LogP contribution in [0.4, 0.5) is 4.39 Å². The molecule has 0 bridgehead atoms. The van der Waals surface area contributed by atoms with Crippen molar-refractivity contribution in [2.75, 3.05) is 13.7 Å². The number of methoxy groups -OCH3 is 1. The van der Waals surface area contributed by atoms with E-state index in [1.54, 1.807) is 6.07 Å². The molecule has 1 heterocycles. The van der Waals surface area contributed by atoms with E-state index in [0.29, 0.717) is 12.4 Å². The monoisotopic (exact) mass is 210 g/mol. The number of hydrogen-bond donors (Lipinski definition) is 0. The third kappa shape index (κ3) is 1.93. The third-order valence-electron chi connectivity index (χ3n) is 2.50. The SMILES string of the molecule is COC(=O)C[C@@H]1COc2cc(F)ccc21. The Balaban J connectivity index is 2.18. The summed E-state index contributed by atoms with van der Waals surface area (Å²) in [5.74, 6) is -0.0924. The van der Waals surface area contributed by atoms with Gasteiger partial charge in [0.15, 0.2) is 0 Å². The third-order valence-corrected chi connectivity index (χ3v) is 2.50. The van der Waals surface area contributed by atoms with E-state index in [1.165, 1.54) is 19.2 Å². The standard InChI is InChI=1S/C11H11FO3/c1-14-11(13)4-7-6-15-10-5-8(12)2-3-9(7)10/h2-3,5,7H,4,6H2,1H3/t7-/m1/s1. The van der Waals surface area contributed by atoms with Crippen molar-refractivity contribution in [3.05, 3.63) is 29.6 Å². The van der Waals surface area contributed by atoms with Gasteiger partial charge in [0.25, 0.3) is 0 Å². The van der Waals surface area contributed by atoms with E-state index < -0.39 is 0 Å². The molecule has 0 amide bonds. The van der Waals surface area contributed by atoms with Crippen LogP contribution in [0.5, 0.6) is 5.75 Å². The van der Waals surface area contributed by atoms with Gasteiger partial charge in [-0.1, -0.05) is 6.07 Å². The number of ether oxygens (including phenoxy) is 2. The Hall–Kier alpha value is -1.58. The highest BCUT2D eigenvalue weighted by atomic mass is 19.1. The highest BCUT2D eigenvalue weighted by Gasteiger charge is 2.26. The van der Waals surface area contributed by atoms with Crippen LogP contribution in [0.1, 0.15) is 17.9 Å². The molecule has 0 spiro atoms. The second-order valence-corrected chi connectivity index (χ2v) is 3.47. The van der Waals surface area contributed by atoms with Crippen molar-refractivity contribution < 1.29 is 18.7 Å². The number of rotatable bonds is 2. The van der Waals surface area contributed by atoms with Gasteiger partial charge in [-0.15, -0.1) is 0 Å². The van der Waals surface area contributed by atoms with Gasteiger partial charge >= 0.3 is 5.97 Å². The van der Waals surface area contributed by atoms with E-state index in [0.717, 1.165) is 5.56 Å². The largest absolute Gasteiger partial charge is 0.493 e. The maximum absolute atomic E-state index is 12.8. The minimum atomic E-state index is -0.326. The van der Waals surface area contributed by atoms with Crippen molar-refractivity contribution in [3.63, 3.8) is 0 Å². The maximum atomic E-state index is 12.8. The van der Waals surface area contributed by atoms with Gasteiger partial charge in [0, 0.05) is 17.5 Å². The molecule has 2 rings (SSSR count). The van der Waals surface area contributed by atoms with Gasteiger partial charge in [-0.3, -0.25) is 4.79 Å². The van der Waals surface area contributed by atoms with Crippen LogP contribution in [0.25, 0.3) is 0 Å². The van der Waals surface area contributed by atoms with Crippen LogP contribution in [-0.4, -0.2) is 19.7 Å². The molecule has 0 fully saturated rings. The zero-order valence-corrected chi connectivity index (χ0v) is 8.33. The molecule has 0 N–H and O–H groups in total. The van der Waals surface area contributed by atoms with Gasteiger partial charge in [-0.05, 0) is 6.07 Å². The molecule has 80 valence electrons. The van der Waals surface area contributed by atoms with Crippen molar-refractivity contribution in [1.29, 1.82) is 0 Å². The summed E-state index contributed by atoms with van der Waals surface area (Å²) in [5, 5.41) is 0. The van der Waals surface area contributed by atoms with Gasteiger partial charge in [0.1, 0.15) is 11.6 Å². The average molecular weight is 210 g/mol. The summed E-state index contributed by atoms with van der Waals surface area (Å²) in [7, 11) is 1.35. The molecule has 0 unspecified atom stereocenters. The topological polar surface area (TPSA) is 35.5 Å². The van der Waals surface area contributed by atoms with Crippen LogP contribution in [0.15, 0.2) is 18.2 Å². The Labute approximate surface area is 86.8 Å². The van der Waals surface area contributed by atoms with Crippen molar-refractivity contribution in [2.45, 2.75) is 12.3 Å². The van der Waals surface area contributed by atoms with Crippen molar-refractivity contribution >= 4 is 5.97 Å². The van der Waals surface area contributed by atoms with E-state index in [-0.39, 0.29) is 24.1 Å². The van der Waals surface area contributed by atoms with Gasteiger partial charge < -0.3 is 9.47 Å². The normalized spacial score (nSPS) is 18.1. The number of carbonyl (C=O) groups excluding carboxylic acids is 1. The summed E-state index contributed by atoms with van der Waals surface area (Å²) in [6.07, 6.45) is 0.273. The molecule has 1 aromatic rings. The molecule has 1 aliphatic rings. The number of fused-ring (bicyclic) bond motifs is 1. The van der Waals surface area contributed by atoms with Crippen LogP contribution in [0.3, 0.4) is 0 Å². The fourth-order valence-corrected chi connectivity index (χ4v) is 1.70. The fourth-order valence-electron chi connectivity index (χ4n) is 1.70. The number of halogens is 1. The molecular formula is C11H11FO3. The van der Waals surface area contributed by atoms with Crippen LogP contribution in [-0.2, 0) is 9.53 Å². The minimum absolute atomic E-state index is 0.0203. The maximum Gasteiger partial charge on any atom is 0.306 e. The van der Waals surface area contributed by atoms with Crippen LogP contribution in [0, 0.1) is 5.82 Å². The van der Waals surface area contributed by atoms with Gasteiger partial charge in [0.2, 0.25) is 0 Å². The molecule has 3 nitrogen and oxygen atoms in total. The lowest BCUT2D eigenvalue weighted by molar-refractivity contribution is -0.141. The highest BCUT2D eigenvalue weighted by molar-refractivity contribution is 5.71. The van der Waals surface area contributed by atoms with Gasteiger partial charge in [0.05, 0.1) is 20.1 Å². The molecule has 1 aliphatic heterocycles. The van der Waals surface area contributed by atoms with Gasteiger partial charge in [-0.2, -0.15) is 0 Å². The number of carbonyl (C=O) groups is 1. The minimum Gasteiger partial charge on any atom is -0.493 e. The molecule has 0 aliphatic carbocycles. The predicted molar refractivity (Wildman–Crippen MR) is 51.3 cm³/mol. The van der Waals surface area contributed by atoms with Crippen molar-refractivity contribution in [3.8, 4) is 5.75 Å². The molecule has 0 saturated carbocycles. The molecule has 4 heteroatoms.